The first-order valence-corrected chi connectivity index (χ1v) is 11.8. The summed E-state index contributed by atoms with van der Waals surface area (Å²) >= 11 is 1.66. The quantitative estimate of drug-likeness (QED) is 0.636. The summed E-state index contributed by atoms with van der Waals surface area (Å²) in [6, 6.07) is 6.99. The van der Waals surface area contributed by atoms with Crippen LogP contribution in [0.25, 0.3) is 10.2 Å². The summed E-state index contributed by atoms with van der Waals surface area (Å²) in [6.07, 6.45) is 4.49. The van der Waals surface area contributed by atoms with Crippen molar-refractivity contribution in [2.24, 2.45) is 0 Å². The normalized spacial score (nSPS) is 19.6. The Morgan fingerprint density at radius 2 is 2.00 bits per heavy atom. The molecular formula is C23H27FN4O2S. The third-order valence-electron chi connectivity index (χ3n) is 6.30. The first-order valence-electron chi connectivity index (χ1n) is 10.9. The summed E-state index contributed by atoms with van der Waals surface area (Å²) in [5.41, 5.74) is 2.36. The van der Waals surface area contributed by atoms with E-state index in [0.717, 1.165) is 74.4 Å². The highest BCUT2D eigenvalue weighted by molar-refractivity contribution is 7.18. The van der Waals surface area contributed by atoms with Crippen molar-refractivity contribution in [2.75, 3.05) is 32.8 Å². The average Bonchev–Trinajstić information content (AvgIpc) is 3.17. The molecule has 0 bridgehead atoms. The number of nitrogens with zero attached hydrogens (tertiary/aromatic N) is 3. The second-order valence-electron chi connectivity index (χ2n) is 8.33. The van der Waals surface area contributed by atoms with E-state index in [4.69, 9.17) is 4.74 Å². The van der Waals surface area contributed by atoms with Crippen LogP contribution in [0.1, 0.15) is 22.4 Å². The first kappa shape index (κ1) is 20.8. The monoisotopic (exact) mass is 442 g/mol. The fourth-order valence-corrected chi connectivity index (χ4v) is 5.73. The lowest BCUT2D eigenvalue weighted by Crippen LogP contribution is -2.39. The van der Waals surface area contributed by atoms with E-state index in [-0.39, 0.29) is 11.4 Å². The number of ether oxygens (including phenoxy) is 1. The van der Waals surface area contributed by atoms with Gasteiger partial charge in [0.15, 0.2) is 0 Å². The maximum atomic E-state index is 13.2. The second kappa shape index (κ2) is 9.16. The molecule has 6 nitrogen and oxygen atoms in total. The number of hydrogen-bond acceptors (Lipinski definition) is 6. The zero-order valence-electron chi connectivity index (χ0n) is 17.5. The predicted octanol–water partition coefficient (Wildman–Crippen LogP) is 2.58. The molecule has 3 heterocycles. The number of halogens is 1. The van der Waals surface area contributed by atoms with E-state index < -0.39 is 0 Å². The molecule has 5 rings (SSSR count). The fourth-order valence-electron chi connectivity index (χ4n) is 4.47. The lowest BCUT2D eigenvalue weighted by atomic mass is 9.93. The third kappa shape index (κ3) is 4.57. The Kier molecular flexibility index (Phi) is 6.13. The molecule has 31 heavy (non-hydrogen) atoms. The minimum atomic E-state index is -0.209. The highest BCUT2D eigenvalue weighted by Crippen LogP contribution is 2.33. The number of nitrogens with one attached hydrogen (secondary N) is 1. The Morgan fingerprint density at radius 3 is 2.81 bits per heavy atom. The lowest BCUT2D eigenvalue weighted by Gasteiger charge is -2.26. The van der Waals surface area contributed by atoms with Crippen molar-refractivity contribution in [3.05, 3.63) is 62.8 Å². The predicted molar refractivity (Wildman–Crippen MR) is 120 cm³/mol. The molecule has 1 fully saturated rings. The van der Waals surface area contributed by atoms with Gasteiger partial charge in [0.05, 0.1) is 24.9 Å². The van der Waals surface area contributed by atoms with Crippen LogP contribution in [-0.4, -0.2) is 53.3 Å². The highest BCUT2D eigenvalue weighted by Gasteiger charge is 2.25. The molecular weight excluding hydrogens is 415 g/mol. The van der Waals surface area contributed by atoms with Crippen LogP contribution in [0.15, 0.2) is 35.4 Å². The lowest BCUT2D eigenvalue weighted by molar-refractivity contribution is 0.0362. The van der Waals surface area contributed by atoms with Gasteiger partial charge in [0.25, 0.3) is 5.56 Å². The molecule has 1 N–H and O–H groups in total. The van der Waals surface area contributed by atoms with Crippen LogP contribution in [0.2, 0.25) is 0 Å². The molecule has 0 amide bonds. The molecule has 1 unspecified atom stereocenters. The fraction of sp³-hybridized carbons (Fsp3) is 0.478. The van der Waals surface area contributed by atoms with Crippen LogP contribution in [0, 0.1) is 5.82 Å². The van der Waals surface area contributed by atoms with Crippen molar-refractivity contribution < 1.29 is 9.13 Å². The van der Waals surface area contributed by atoms with Gasteiger partial charge in [-0.3, -0.25) is 14.3 Å². The summed E-state index contributed by atoms with van der Waals surface area (Å²) in [7, 11) is 0. The molecule has 2 aliphatic rings. The van der Waals surface area contributed by atoms with E-state index in [1.807, 2.05) is 12.1 Å². The van der Waals surface area contributed by atoms with Gasteiger partial charge in [-0.2, -0.15) is 0 Å². The molecule has 0 radical (unpaired) electrons. The molecule has 1 aromatic carbocycles. The van der Waals surface area contributed by atoms with Crippen LogP contribution in [0.3, 0.4) is 0 Å². The largest absolute Gasteiger partial charge is 0.379 e. The second-order valence-corrected chi connectivity index (χ2v) is 9.41. The van der Waals surface area contributed by atoms with Crippen LogP contribution >= 0.6 is 11.3 Å². The van der Waals surface area contributed by atoms with E-state index in [1.165, 1.54) is 22.6 Å². The van der Waals surface area contributed by atoms with E-state index in [2.05, 4.69) is 15.2 Å². The smallest absolute Gasteiger partial charge is 0.262 e. The topological polar surface area (TPSA) is 59.4 Å². The number of morpholine rings is 1. The van der Waals surface area contributed by atoms with Gasteiger partial charge in [0.1, 0.15) is 10.6 Å². The third-order valence-corrected chi connectivity index (χ3v) is 7.47. The van der Waals surface area contributed by atoms with Crippen molar-refractivity contribution in [3.8, 4) is 0 Å². The maximum absolute atomic E-state index is 13.2. The Balaban J connectivity index is 1.28. The maximum Gasteiger partial charge on any atom is 0.262 e. The number of hydrogen-bond donors (Lipinski definition) is 1. The van der Waals surface area contributed by atoms with Gasteiger partial charge in [-0.15, -0.1) is 11.3 Å². The Bertz CT molecular complexity index is 1110. The summed E-state index contributed by atoms with van der Waals surface area (Å²) < 4.78 is 20.3. The van der Waals surface area contributed by atoms with Crippen LogP contribution < -0.4 is 10.9 Å². The molecule has 0 saturated carbocycles. The number of fused-ring (bicyclic) bond motifs is 3. The Labute approximate surface area is 184 Å². The molecule has 1 aliphatic carbocycles. The van der Waals surface area contributed by atoms with Crippen molar-refractivity contribution in [1.29, 1.82) is 0 Å². The van der Waals surface area contributed by atoms with Crippen LogP contribution in [0.4, 0.5) is 4.39 Å². The molecule has 1 saturated heterocycles. The highest BCUT2D eigenvalue weighted by atomic mass is 32.1. The van der Waals surface area contributed by atoms with Crippen LogP contribution in [0.5, 0.6) is 0 Å². The van der Waals surface area contributed by atoms with Crippen molar-refractivity contribution in [1.82, 2.24) is 19.8 Å². The molecule has 3 aromatic rings. The minimum Gasteiger partial charge on any atom is -0.379 e. The minimum absolute atomic E-state index is 0.0912. The van der Waals surface area contributed by atoms with E-state index in [9.17, 15) is 9.18 Å². The summed E-state index contributed by atoms with van der Waals surface area (Å²) in [5.74, 6) is -0.209. The standard InChI is InChI=1S/C23H27FN4O2S/c24-17-3-1-16(2-4-17)14-25-18-5-6-19-20(13-18)31-22-21(19)23(29)28(15-26-22)8-7-27-9-11-30-12-10-27/h1-4,15,18,25H,5-14H2. The number of rotatable bonds is 6. The van der Waals surface area contributed by atoms with Gasteiger partial charge in [0.2, 0.25) is 0 Å². The zero-order chi connectivity index (χ0) is 21.2. The average molecular weight is 443 g/mol. The summed E-state index contributed by atoms with van der Waals surface area (Å²) in [6.45, 7) is 5.60. The summed E-state index contributed by atoms with van der Waals surface area (Å²) in [4.78, 5) is 22.3. The molecule has 0 spiro atoms. The van der Waals surface area contributed by atoms with Gasteiger partial charge in [-0.1, -0.05) is 12.1 Å². The molecule has 164 valence electrons. The van der Waals surface area contributed by atoms with Gasteiger partial charge in [-0.25, -0.2) is 9.37 Å². The molecule has 2 aromatic heterocycles. The molecule has 8 heteroatoms. The Hall–Kier alpha value is -2.13. The van der Waals surface area contributed by atoms with E-state index >= 15 is 0 Å². The van der Waals surface area contributed by atoms with Crippen molar-refractivity contribution >= 4 is 21.6 Å². The van der Waals surface area contributed by atoms with Gasteiger partial charge in [0, 0.05) is 43.6 Å². The zero-order valence-corrected chi connectivity index (χ0v) is 18.3. The van der Waals surface area contributed by atoms with Crippen molar-refractivity contribution in [3.63, 3.8) is 0 Å². The Morgan fingerprint density at radius 1 is 1.19 bits per heavy atom. The molecule has 1 atom stereocenters. The van der Waals surface area contributed by atoms with Crippen molar-refractivity contribution in [2.45, 2.75) is 38.4 Å². The summed E-state index contributed by atoms with van der Waals surface area (Å²) in [5, 5.41) is 4.41. The van der Waals surface area contributed by atoms with E-state index in [1.54, 1.807) is 22.2 Å². The van der Waals surface area contributed by atoms with Crippen LogP contribution in [-0.2, 0) is 30.7 Å². The van der Waals surface area contributed by atoms with E-state index in [0.29, 0.717) is 12.6 Å². The number of aryl methyl sites for hydroxylation is 1. The molecule has 1 aliphatic heterocycles. The number of thiophene rings is 1. The first-order chi connectivity index (χ1) is 15.2. The van der Waals surface area contributed by atoms with Gasteiger partial charge >= 0.3 is 0 Å². The number of aromatic nitrogens is 2. The van der Waals surface area contributed by atoms with Gasteiger partial charge in [-0.05, 0) is 42.5 Å². The number of benzene rings is 1. The van der Waals surface area contributed by atoms with Gasteiger partial charge < -0.3 is 10.1 Å². The SMILES string of the molecule is O=c1c2c3c(sc2ncn1CCN1CCOCC1)CC(NCc1ccc(F)cc1)CC3.